The molecule has 0 aliphatic carbocycles. The van der Waals surface area contributed by atoms with Gasteiger partial charge in [-0.05, 0) is 56.9 Å². The topological polar surface area (TPSA) is 44.7 Å². The first-order valence-corrected chi connectivity index (χ1v) is 7.65. The molecule has 0 bridgehead atoms. The summed E-state index contributed by atoms with van der Waals surface area (Å²) in [4.78, 5) is 2.37. The molecule has 0 saturated carbocycles. The third-order valence-corrected chi connectivity index (χ3v) is 3.36. The monoisotopic (exact) mass is 298 g/mol. The quantitative estimate of drug-likeness (QED) is 0.612. The Morgan fingerprint density at radius 3 is 2.52 bits per heavy atom. The van der Waals surface area contributed by atoms with E-state index in [0.29, 0.717) is 12.3 Å². The third-order valence-electron chi connectivity index (χ3n) is 3.36. The first kappa shape index (κ1) is 17.9. The number of hydrogen-bond acceptors (Lipinski definition) is 4. The van der Waals surface area contributed by atoms with Crippen LogP contribution >= 0.6 is 0 Å². The fourth-order valence-electron chi connectivity index (χ4n) is 2.02. The summed E-state index contributed by atoms with van der Waals surface area (Å²) in [7, 11) is 0. The van der Waals surface area contributed by atoms with E-state index in [1.165, 1.54) is 12.1 Å². The van der Waals surface area contributed by atoms with Gasteiger partial charge in [-0.1, -0.05) is 13.8 Å². The second kappa shape index (κ2) is 10.5. The smallest absolute Gasteiger partial charge is 0.123 e. The van der Waals surface area contributed by atoms with Crippen LogP contribution in [0.4, 0.5) is 4.39 Å². The molecule has 0 heterocycles. The Bertz CT molecular complexity index is 369. The Balaban J connectivity index is 2.06. The predicted octanol–water partition coefficient (Wildman–Crippen LogP) is 1.89. The van der Waals surface area contributed by atoms with Gasteiger partial charge in [0.1, 0.15) is 24.3 Å². The first-order valence-electron chi connectivity index (χ1n) is 7.65. The molecule has 120 valence electrons. The lowest BCUT2D eigenvalue weighted by Gasteiger charge is -2.18. The van der Waals surface area contributed by atoms with Crippen LogP contribution in [0.2, 0.25) is 0 Å². The van der Waals surface area contributed by atoms with Crippen molar-refractivity contribution in [2.75, 3.05) is 39.3 Å². The minimum Gasteiger partial charge on any atom is -0.491 e. The SMILES string of the molecule is CCN(CC)CCCNCC(O)COc1ccc(F)cc1. The van der Waals surface area contributed by atoms with Crippen molar-refractivity contribution >= 4 is 0 Å². The van der Waals surface area contributed by atoms with Crippen LogP contribution in [0.1, 0.15) is 20.3 Å². The molecule has 4 nitrogen and oxygen atoms in total. The van der Waals surface area contributed by atoms with E-state index in [4.69, 9.17) is 4.74 Å². The van der Waals surface area contributed by atoms with E-state index in [2.05, 4.69) is 24.1 Å². The van der Waals surface area contributed by atoms with E-state index >= 15 is 0 Å². The van der Waals surface area contributed by atoms with Gasteiger partial charge in [-0.15, -0.1) is 0 Å². The summed E-state index contributed by atoms with van der Waals surface area (Å²) in [5.41, 5.74) is 0. The molecule has 0 aromatic heterocycles. The maximum atomic E-state index is 12.7. The predicted molar refractivity (Wildman–Crippen MR) is 83.2 cm³/mol. The molecule has 0 amide bonds. The number of aliphatic hydroxyl groups is 1. The number of benzene rings is 1. The van der Waals surface area contributed by atoms with Gasteiger partial charge < -0.3 is 20.1 Å². The highest BCUT2D eigenvalue weighted by Crippen LogP contribution is 2.11. The molecule has 0 fully saturated rings. The second-order valence-electron chi connectivity index (χ2n) is 5.00. The molecule has 0 aliphatic heterocycles. The van der Waals surface area contributed by atoms with Crippen LogP contribution in [0, 0.1) is 5.82 Å². The molecular formula is C16H27FN2O2. The standard InChI is InChI=1S/C16H27FN2O2/c1-3-19(4-2)11-5-10-18-12-15(20)13-21-16-8-6-14(17)7-9-16/h6-9,15,18,20H,3-5,10-13H2,1-2H3. The van der Waals surface area contributed by atoms with Crippen molar-refractivity contribution in [3.05, 3.63) is 30.1 Å². The minimum atomic E-state index is -0.566. The van der Waals surface area contributed by atoms with Crippen LogP contribution in [-0.2, 0) is 0 Å². The summed E-state index contributed by atoms with van der Waals surface area (Å²) >= 11 is 0. The van der Waals surface area contributed by atoms with Gasteiger partial charge in [0.05, 0.1) is 0 Å². The molecule has 5 heteroatoms. The van der Waals surface area contributed by atoms with Gasteiger partial charge in [0.25, 0.3) is 0 Å². The molecule has 1 rings (SSSR count). The Kier molecular flexibility index (Phi) is 8.98. The summed E-state index contributed by atoms with van der Waals surface area (Å²) in [6, 6.07) is 5.79. The average Bonchev–Trinajstić information content (AvgIpc) is 2.50. The number of nitrogens with zero attached hydrogens (tertiary/aromatic N) is 1. The third kappa shape index (κ3) is 7.99. The van der Waals surface area contributed by atoms with Crippen LogP contribution in [-0.4, -0.2) is 55.4 Å². The Hall–Kier alpha value is -1.17. The maximum Gasteiger partial charge on any atom is 0.123 e. The van der Waals surface area contributed by atoms with Crippen LogP contribution < -0.4 is 10.1 Å². The lowest BCUT2D eigenvalue weighted by molar-refractivity contribution is 0.106. The molecule has 21 heavy (non-hydrogen) atoms. The zero-order valence-corrected chi connectivity index (χ0v) is 13.0. The molecular weight excluding hydrogens is 271 g/mol. The molecule has 2 N–H and O–H groups in total. The zero-order valence-electron chi connectivity index (χ0n) is 13.0. The van der Waals surface area contributed by atoms with Crippen LogP contribution in [0.3, 0.4) is 0 Å². The molecule has 1 aromatic rings. The van der Waals surface area contributed by atoms with Crippen molar-refractivity contribution < 1.29 is 14.2 Å². The van der Waals surface area contributed by atoms with Gasteiger partial charge in [-0.3, -0.25) is 0 Å². The van der Waals surface area contributed by atoms with E-state index in [1.807, 2.05) is 0 Å². The van der Waals surface area contributed by atoms with Gasteiger partial charge in [-0.2, -0.15) is 0 Å². The lowest BCUT2D eigenvalue weighted by atomic mass is 10.3. The number of hydrogen-bond donors (Lipinski definition) is 2. The number of aliphatic hydroxyl groups excluding tert-OH is 1. The van der Waals surface area contributed by atoms with E-state index < -0.39 is 6.10 Å². The van der Waals surface area contributed by atoms with Gasteiger partial charge in [0.15, 0.2) is 0 Å². The summed E-state index contributed by atoms with van der Waals surface area (Å²) in [5.74, 6) is 0.273. The molecule has 0 saturated heterocycles. The highest BCUT2D eigenvalue weighted by Gasteiger charge is 2.05. The summed E-state index contributed by atoms with van der Waals surface area (Å²) < 4.78 is 18.1. The van der Waals surface area contributed by atoms with E-state index in [9.17, 15) is 9.50 Å². The van der Waals surface area contributed by atoms with Crippen molar-refractivity contribution in [2.24, 2.45) is 0 Å². The number of ether oxygens (including phenoxy) is 1. The molecule has 0 aliphatic rings. The fourth-order valence-corrected chi connectivity index (χ4v) is 2.02. The number of rotatable bonds is 11. The molecule has 1 unspecified atom stereocenters. The van der Waals surface area contributed by atoms with Crippen LogP contribution in [0.15, 0.2) is 24.3 Å². The highest BCUT2D eigenvalue weighted by molar-refractivity contribution is 5.22. The van der Waals surface area contributed by atoms with Gasteiger partial charge in [-0.25, -0.2) is 4.39 Å². The average molecular weight is 298 g/mol. The zero-order chi connectivity index (χ0) is 15.5. The molecule has 0 radical (unpaired) electrons. The van der Waals surface area contributed by atoms with Crippen molar-refractivity contribution in [1.29, 1.82) is 0 Å². The van der Waals surface area contributed by atoms with Gasteiger partial charge >= 0.3 is 0 Å². The van der Waals surface area contributed by atoms with E-state index in [0.717, 1.165) is 32.6 Å². The van der Waals surface area contributed by atoms with E-state index in [-0.39, 0.29) is 12.4 Å². The minimum absolute atomic E-state index is 0.203. The normalized spacial score (nSPS) is 12.6. The highest BCUT2D eigenvalue weighted by atomic mass is 19.1. The van der Waals surface area contributed by atoms with Crippen molar-refractivity contribution in [3.63, 3.8) is 0 Å². The molecule has 1 atom stereocenters. The van der Waals surface area contributed by atoms with E-state index in [1.54, 1.807) is 12.1 Å². The second-order valence-corrected chi connectivity index (χ2v) is 5.00. The fraction of sp³-hybridized carbons (Fsp3) is 0.625. The van der Waals surface area contributed by atoms with Crippen molar-refractivity contribution in [2.45, 2.75) is 26.4 Å². The maximum absolute atomic E-state index is 12.7. The van der Waals surface area contributed by atoms with Gasteiger partial charge in [0, 0.05) is 6.54 Å². The largest absolute Gasteiger partial charge is 0.491 e. The van der Waals surface area contributed by atoms with Crippen molar-refractivity contribution in [3.8, 4) is 5.75 Å². The first-order chi connectivity index (χ1) is 10.2. The Morgan fingerprint density at radius 2 is 1.90 bits per heavy atom. The molecule has 0 spiro atoms. The van der Waals surface area contributed by atoms with Crippen LogP contribution in [0.5, 0.6) is 5.75 Å². The summed E-state index contributed by atoms with van der Waals surface area (Å²) in [5, 5.41) is 13.0. The van der Waals surface area contributed by atoms with Gasteiger partial charge in [0.2, 0.25) is 0 Å². The number of nitrogens with one attached hydrogen (secondary N) is 1. The van der Waals surface area contributed by atoms with Crippen LogP contribution in [0.25, 0.3) is 0 Å². The Labute approximate surface area is 126 Å². The lowest BCUT2D eigenvalue weighted by Crippen LogP contribution is -2.33. The molecule has 1 aromatic carbocycles. The number of halogens is 1. The summed E-state index contributed by atoms with van der Waals surface area (Å²) in [6.45, 7) is 9.12. The Morgan fingerprint density at radius 1 is 1.24 bits per heavy atom. The van der Waals surface area contributed by atoms with Crippen molar-refractivity contribution in [1.82, 2.24) is 10.2 Å². The summed E-state index contributed by atoms with van der Waals surface area (Å²) in [6.07, 6.45) is 0.497.